The molecule has 0 aliphatic carbocycles. The first-order valence-electron chi connectivity index (χ1n) is 5.64. The molecule has 19 heavy (non-hydrogen) atoms. The summed E-state index contributed by atoms with van der Waals surface area (Å²) in [6.45, 7) is 0. The molecule has 0 spiro atoms. The summed E-state index contributed by atoms with van der Waals surface area (Å²) in [4.78, 5) is 11.8. The normalized spacial score (nSPS) is 10.2. The van der Waals surface area contributed by atoms with Crippen LogP contribution in [-0.4, -0.2) is 5.91 Å². The predicted octanol–water partition coefficient (Wildman–Crippen LogP) is 3.24. The van der Waals surface area contributed by atoms with Crippen LogP contribution < -0.4 is 11.1 Å². The van der Waals surface area contributed by atoms with Crippen molar-refractivity contribution in [1.82, 2.24) is 0 Å². The molecule has 0 saturated heterocycles. The topological polar surface area (TPSA) is 55.1 Å². The van der Waals surface area contributed by atoms with Gasteiger partial charge in [-0.15, -0.1) is 0 Å². The average Bonchev–Trinajstić information content (AvgIpc) is 2.33. The van der Waals surface area contributed by atoms with E-state index < -0.39 is 5.82 Å². The number of amides is 1. The molecule has 0 aliphatic rings. The number of halogens is 2. The summed E-state index contributed by atoms with van der Waals surface area (Å²) in [5.74, 6) is -0.675. The Hall–Kier alpha value is -2.07. The number of benzene rings is 2. The van der Waals surface area contributed by atoms with Gasteiger partial charge >= 0.3 is 0 Å². The minimum Gasteiger partial charge on any atom is -0.397 e. The van der Waals surface area contributed by atoms with E-state index in [1.165, 1.54) is 12.1 Å². The lowest BCUT2D eigenvalue weighted by Gasteiger charge is -2.08. The number of anilines is 2. The second-order valence-electron chi connectivity index (χ2n) is 4.09. The number of rotatable bonds is 3. The molecule has 0 bridgehead atoms. The van der Waals surface area contributed by atoms with Gasteiger partial charge in [-0.05, 0) is 35.9 Å². The van der Waals surface area contributed by atoms with E-state index in [2.05, 4.69) is 5.32 Å². The van der Waals surface area contributed by atoms with Crippen molar-refractivity contribution < 1.29 is 9.18 Å². The van der Waals surface area contributed by atoms with Gasteiger partial charge in [-0.25, -0.2) is 4.39 Å². The Bertz CT molecular complexity index is 616. The Morgan fingerprint density at radius 2 is 2.05 bits per heavy atom. The van der Waals surface area contributed by atoms with Gasteiger partial charge < -0.3 is 11.1 Å². The van der Waals surface area contributed by atoms with E-state index in [0.717, 1.165) is 11.6 Å². The molecular formula is C14H12ClFN2O. The second kappa shape index (κ2) is 5.71. The number of carbonyl (C=O) groups is 1. The Balaban J connectivity index is 2.05. The number of nitrogens with two attached hydrogens (primary N) is 1. The molecule has 2 aromatic carbocycles. The molecule has 0 fully saturated rings. The lowest BCUT2D eigenvalue weighted by Crippen LogP contribution is -2.15. The smallest absolute Gasteiger partial charge is 0.228 e. The molecule has 0 unspecified atom stereocenters. The summed E-state index contributed by atoms with van der Waals surface area (Å²) in [7, 11) is 0. The van der Waals surface area contributed by atoms with Crippen LogP contribution in [-0.2, 0) is 11.2 Å². The molecule has 0 heterocycles. The van der Waals surface area contributed by atoms with E-state index in [-0.39, 0.29) is 18.0 Å². The molecule has 0 atom stereocenters. The molecular weight excluding hydrogens is 267 g/mol. The van der Waals surface area contributed by atoms with Crippen LogP contribution >= 0.6 is 11.6 Å². The fraction of sp³-hybridized carbons (Fsp3) is 0.0714. The van der Waals surface area contributed by atoms with Crippen molar-refractivity contribution in [2.24, 2.45) is 0 Å². The SMILES string of the molecule is Nc1cc(F)ccc1NC(=O)Cc1cccc(Cl)c1. The number of nitrogens with one attached hydrogen (secondary N) is 1. The summed E-state index contributed by atoms with van der Waals surface area (Å²) >= 11 is 5.84. The van der Waals surface area contributed by atoms with Crippen LogP contribution in [0.4, 0.5) is 15.8 Å². The maximum Gasteiger partial charge on any atom is 0.228 e. The van der Waals surface area contributed by atoms with Gasteiger partial charge in [0.05, 0.1) is 17.8 Å². The zero-order chi connectivity index (χ0) is 13.8. The molecule has 1 amide bonds. The first-order valence-corrected chi connectivity index (χ1v) is 6.02. The van der Waals surface area contributed by atoms with Crippen LogP contribution in [0, 0.1) is 5.82 Å². The number of hydrogen-bond acceptors (Lipinski definition) is 2. The number of hydrogen-bond donors (Lipinski definition) is 2. The fourth-order valence-electron chi connectivity index (χ4n) is 1.67. The minimum absolute atomic E-state index is 0.178. The van der Waals surface area contributed by atoms with Gasteiger partial charge in [0.1, 0.15) is 5.82 Å². The molecule has 3 N–H and O–H groups in total. The molecule has 0 radical (unpaired) electrons. The maximum atomic E-state index is 12.9. The Morgan fingerprint density at radius 3 is 2.74 bits per heavy atom. The Labute approximate surface area is 115 Å². The third-order valence-corrected chi connectivity index (χ3v) is 2.78. The minimum atomic E-state index is -0.439. The first-order chi connectivity index (χ1) is 9.04. The van der Waals surface area contributed by atoms with Gasteiger partial charge in [-0.2, -0.15) is 0 Å². The number of nitrogen functional groups attached to an aromatic ring is 1. The molecule has 0 aliphatic heterocycles. The highest BCUT2D eigenvalue weighted by atomic mass is 35.5. The first kappa shape index (κ1) is 13.4. The van der Waals surface area contributed by atoms with E-state index in [1.54, 1.807) is 24.3 Å². The van der Waals surface area contributed by atoms with Crippen LogP contribution in [0.2, 0.25) is 5.02 Å². The summed E-state index contributed by atoms with van der Waals surface area (Å²) in [5.41, 5.74) is 7.00. The molecule has 0 aromatic heterocycles. The average molecular weight is 279 g/mol. The van der Waals surface area contributed by atoms with Crippen molar-refractivity contribution in [3.8, 4) is 0 Å². The van der Waals surface area contributed by atoms with Crippen molar-refractivity contribution in [3.05, 3.63) is 58.9 Å². The van der Waals surface area contributed by atoms with E-state index in [9.17, 15) is 9.18 Å². The van der Waals surface area contributed by atoms with Crippen LogP contribution in [0.3, 0.4) is 0 Å². The van der Waals surface area contributed by atoms with Crippen molar-refractivity contribution in [2.45, 2.75) is 6.42 Å². The van der Waals surface area contributed by atoms with Crippen molar-refractivity contribution >= 4 is 28.9 Å². The quantitative estimate of drug-likeness (QED) is 0.847. The van der Waals surface area contributed by atoms with Crippen LogP contribution in [0.5, 0.6) is 0 Å². The third-order valence-electron chi connectivity index (χ3n) is 2.54. The molecule has 0 saturated carbocycles. The Kier molecular flexibility index (Phi) is 4.02. The van der Waals surface area contributed by atoms with Crippen LogP contribution in [0.25, 0.3) is 0 Å². The predicted molar refractivity (Wildman–Crippen MR) is 74.6 cm³/mol. The van der Waals surface area contributed by atoms with Gasteiger partial charge in [-0.1, -0.05) is 23.7 Å². The zero-order valence-corrected chi connectivity index (χ0v) is 10.7. The highest BCUT2D eigenvalue weighted by Gasteiger charge is 2.07. The molecule has 5 heteroatoms. The summed E-state index contributed by atoms with van der Waals surface area (Å²) in [6.07, 6.45) is 0.178. The molecule has 2 aromatic rings. The van der Waals surface area contributed by atoms with Crippen molar-refractivity contribution in [1.29, 1.82) is 0 Å². The highest BCUT2D eigenvalue weighted by molar-refractivity contribution is 6.30. The molecule has 3 nitrogen and oxygen atoms in total. The monoisotopic (exact) mass is 278 g/mol. The highest BCUT2D eigenvalue weighted by Crippen LogP contribution is 2.19. The zero-order valence-electron chi connectivity index (χ0n) is 9.99. The van der Waals surface area contributed by atoms with Crippen molar-refractivity contribution in [2.75, 3.05) is 11.1 Å². The van der Waals surface area contributed by atoms with Gasteiger partial charge in [0.2, 0.25) is 5.91 Å². The molecule has 98 valence electrons. The van der Waals surface area contributed by atoms with Crippen molar-refractivity contribution in [3.63, 3.8) is 0 Å². The van der Waals surface area contributed by atoms with Gasteiger partial charge in [0.15, 0.2) is 0 Å². The fourth-order valence-corrected chi connectivity index (χ4v) is 1.89. The maximum absolute atomic E-state index is 12.9. The third kappa shape index (κ3) is 3.69. The van der Waals surface area contributed by atoms with E-state index in [0.29, 0.717) is 10.7 Å². The van der Waals surface area contributed by atoms with E-state index in [1.807, 2.05) is 0 Å². The lowest BCUT2D eigenvalue weighted by molar-refractivity contribution is -0.115. The van der Waals surface area contributed by atoms with Gasteiger partial charge in [0.25, 0.3) is 0 Å². The van der Waals surface area contributed by atoms with E-state index in [4.69, 9.17) is 17.3 Å². The summed E-state index contributed by atoms with van der Waals surface area (Å²) in [5, 5.41) is 3.21. The molecule has 2 rings (SSSR count). The lowest BCUT2D eigenvalue weighted by atomic mass is 10.1. The van der Waals surface area contributed by atoms with Crippen LogP contribution in [0.1, 0.15) is 5.56 Å². The largest absolute Gasteiger partial charge is 0.397 e. The number of carbonyl (C=O) groups excluding carboxylic acids is 1. The second-order valence-corrected chi connectivity index (χ2v) is 4.52. The van der Waals surface area contributed by atoms with E-state index >= 15 is 0 Å². The van der Waals surface area contributed by atoms with Gasteiger partial charge in [0, 0.05) is 5.02 Å². The summed E-state index contributed by atoms with van der Waals surface area (Å²) < 4.78 is 12.9. The standard InChI is InChI=1S/C14H12ClFN2O/c15-10-3-1-2-9(6-10)7-14(19)18-13-5-4-11(16)8-12(13)17/h1-6,8H,7,17H2,(H,18,19). The van der Waals surface area contributed by atoms with Crippen LogP contribution in [0.15, 0.2) is 42.5 Å². The Morgan fingerprint density at radius 1 is 1.26 bits per heavy atom. The van der Waals surface area contributed by atoms with Gasteiger partial charge in [-0.3, -0.25) is 4.79 Å². The summed E-state index contributed by atoms with van der Waals surface area (Å²) in [6, 6.07) is 10.9.